The molecule has 1 amide bonds. The van der Waals surface area contributed by atoms with Crippen LogP contribution in [-0.2, 0) is 9.46 Å². The Morgan fingerprint density at radius 1 is 1.33 bits per heavy atom. The number of carbonyl (C=O) groups excluding carboxylic acids is 1. The third-order valence-corrected chi connectivity index (χ3v) is 6.25. The fourth-order valence-electron chi connectivity index (χ4n) is 0.270. The second-order valence-corrected chi connectivity index (χ2v) is 8.93. The van der Waals surface area contributed by atoms with Crippen LogP contribution in [0.25, 0.3) is 0 Å². The molecule has 0 heterocycles. The van der Waals surface area contributed by atoms with Crippen molar-refractivity contribution in [2.24, 2.45) is 5.73 Å². The molecule has 0 saturated carbocycles. The van der Waals surface area contributed by atoms with Crippen molar-refractivity contribution in [3.05, 3.63) is 0 Å². The van der Waals surface area contributed by atoms with Gasteiger partial charge in [-0.05, 0) is 18.1 Å². The molecule has 5 heteroatoms. The summed E-state index contributed by atoms with van der Waals surface area (Å²) in [4.78, 5) is 14.6. The number of rotatable bonds is 2. The average molecular weight is 191 g/mol. The first-order valence-corrected chi connectivity index (χ1v) is 6.73. The Kier molecular flexibility index (Phi) is 3.29. The van der Waals surface area contributed by atoms with Gasteiger partial charge in [-0.2, -0.15) is 0 Å². The summed E-state index contributed by atoms with van der Waals surface area (Å²) in [5.41, 5.74) is 4.78. The van der Waals surface area contributed by atoms with E-state index in [0.29, 0.717) is 0 Å². The number of carbonyl (C=O) groups is 1. The molecular formula is C7H17NO3Si. The highest BCUT2D eigenvalue weighted by molar-refractivity contribution is 6.73. The lowest BCUT2D eigenvalue weighted by Gasteiger charge is -2.33. The topological polar surface area (TPSA) is 61.6 Å². The normalized spacial score (nSPS) is 12.8. The van der Waals surface area contributed by atoms with E-state index in [-0.39, 0.29) is 5.04 Å². The van der Waals surface area contributed by atoms with E-state index in [1.807, 2.05) is 33.9 Å². The van der Waals surface area contributed by atoms with Crippen LogP contribution >= 0.6 is 0 Å². The molecule has 0 rings (SSSR count). The van der Waals surface area contributed by atoms with Crippen molar-refractivity contribution in [3.8, 4) is 0 Å². The Hall–Kier alpha value is -0.553. The van der Waals surface area contributed by atoms with Crippen molar-refractivity contribution in [2.75, 3.05) is 0 Å². The highest BCUT2D eigenvalue weighted by atomic mass is 28.4. The van der Waals surface area contributed by atoms with Gasteiger partial charge in [-0.15, -0.1) is 0 Å². The molecule has 0 aliphatic carbocycles. The number of hydrogen-bond donors (Lipinski definition) is 1. The first-order chi connectivity index (χ1) is 5.17. The van der Waals surface area contributed by atoms with Gasteiger partial charge in [0.05, 0.1) is 0 Å². The van der Waals surface area contributed by atoms with E-state index >= 15 is 0 Å². The van der Waals surface area contributed by atoms with Crippen LogP contribution in [0.1, 0.15) is 20.8 Å². The van der Waals surface area contributed by atoms with Crippen molar-refractivity contribution < 1.29 is 14.3 Å². The minimum Gasteiger partial charge on any atom is -0.333 e. The summed E-state index contributed by atoms with van der Waals surface area (Å²) in [7, 11) is -1.99. The van der Waals surface area contributed by atoms with Crippen LogP contribution in [0.5, 0.6) is 0 Å². The van der Waals surface area contributed by atoms with Crippen molar-refractivity contribution >= 4 is 14.4 Å². The van der Waals surface area contributed by atoms with E-state index in [2.05, 4.69) is 4.89 Å². The maximum absolute atomic E-state index is 10.3. The molecule has 72 valence electrons. The zero-order chi connectivity index (χ0) is 9.99. The van der Waals surface area contributed by atoms with Gasteiger partial charge in [0.2, 0.25) is 0 Å². The van der Waals surface area contributed by atoms with Crippen LogP contribution in [0.2, 0.25) is 18.1 Å². The van der Waals surface area contributed by atoms with Gasteiger partial charge in [0.25, 0.3) is 8.32 Å². The molecule has 0 aliphatic rings. The molecule has 0 radical (unpaired) electrons. The standard InChI is InChI=1S/C7H17NO3Si/c1-7(2,3)12(4,5)11-10-6(8)9/h1-5H3,(H2,8,9). The summed E-state index contributed by atoms with van der Waals surface area (Å²) >= 11 is 0. The molecule has 0 aliphatic heterocycles. The van der Waals surface area contributed by atoms with Crippen molar-refractivity contribution in [1.29, 1.82) is 0 Å². The Labute approximate surface area is 74.1 Å². The third-order valence-electron chi connectivity index (χ3n) is 2.14. The second-order valence-electron chi connectivity index (χ2n) is 4.25. The molecule has 0 bridgehead atoms. The molecule has 12 heavy (non-hydrogen) atoms. The Bertz CT molecular complexity index is 174. The minimum atomic E-state index is -1.99. The Morgan fingerprint density at radius 3 is 2.00 bits per heavy atom. The lowest BCUT2D eigenvalue weighted by molar-refractivity contribution is -0.154. The van der Waals surface area contributed by atoms with Crippen LogP contribution in [0, 0.1) is 0 Å². The van der Waals surface area contributed by atoms with E-state index in [0.717, 1.165) is 0 Å². The smallest absolute Gasteiger partial charge is 0.333 e. The quantitative estimate of drug-likeness (QED) is 0.412. The zero-order valence-electron chi connectivity index (χ0n) is 8.30. The van der Waals surface area contributed by atoms with Gasteiger partial charge in [-0.1, -0.05) is 20.8 Å². The van der Waals surface area contributed by atoms with Crippen LogP contribution in [0.15, 0.2) is 0 Å². The Balaban J connectivity index is 4.14. The maximum atomic E-state index is 10.3. The van der Waals surface area contributed by atoms with Gasteiger partial charge in [0.15, 0.2) is 0 Å². The van der Waals surface area contributed by atoms with Crippen LogP contribution < -0.4 is 5.73 Å². The second kappa shape index (κ2) is 3.45. The molecule has 0 aromatic heterocycles. The van der Waals surface area contributed by atoms with Crippen LogP contribution in [0.4, 0.5) is 4.79 Å². The van der Waals surface area contributed by atoms with Gasteiger partial charge in [0, 0.05) is 0 Å². The lowest BCUT2D eigenvalue weighted by Crippen LogP contribution is -2.41. The van der Waals surface area contributed by atoms with E-state index in [1.165, 1.54) is 0 Å². The summed E-state index contributed by atoms with van der Waals surface area (Å²) in [6.45, 7) is 10.1. The van der Waals surface area contributed by atoms with Crippen LogP contribution in [0.3, 0.4) is 0 Å². The van der Waals surface area contributed by atoms with Gasteiger partial charge < -0.3 is 5.73 Å². The van der Waals surface area contributed by atoms with Gasteiger partial charge in [-0.25, -0.2) is 9.37 Å². The molecule has 0 saturated heterocycles. The summed E-state index contributed by atoms with van der Waals surface area (Å²) in [5, 5.41) is 0.0163. The van der Waals surface area contributed by atoms with E-state index in [1.54, 1.807) is 0 Å². The van der Waals surface area contributed by atoms with Crippen molar-refractivity contribution in [1.82, 2.24) is 0 Å². The first kappa shape index (κ1) is 11.4. The fraction of sp³-hybridized carbons (Fsp3) is 0.857. The summed E-state index contributed by atoms with van der Waals surface area (Å²) in [5.74, 6) is 0. The minimum absolute atomic E-state index is 0.0163. The van der Waals surface area contributed by atoms with E-state index in [4.69, 9.17) is 10.3 Å². The van der Waals surface area contributed by atoms with Crippen molar-refractivity contribution in [3.63, 3.8) is 0 Å². The molecular weight excluding hydrogens is 174 g/mol. The molecule has 4 nitrogen and oxygen atoms in total. The van der Waals surface area contributed by atoms with Crippen molar-refractivity contribution in [2.45, 2.75) is 38.9 Å². The SMILES string of the molecule is CC(C)(C)[Si](C)(C)OOC(N)=O. The highest BCUT2D eigenvalue weighted by Crippen LogP contribution is 2.36. The van der Waals surface area contributed by atoms with E-state index in [9.17, 15) is 4.79 Å². The molecule has 0 unspecified atom stereocenters. The van der Waals surface area contributed by atoms with Crippen LogP contribution in [-0.4, -0.2) is 14.4 Å². The predicted octanol–water partition coefficient (Wildman–Crippen LogP) is 2.02. The van der Waals surface area contributed by atoms with E-state index < -0.39 is 14.4 Å². The van der Waals surface area contributed by atoms with Gasteiger partial charge in [-0.3, -0.25) is 4.89 Å². The molecule has 0 aromatic carbocycles. The zero-order valence-corrected chi connectivity index (χ0v) is 9.30. The maximum Gasteiger partial charge on any atom is 0.434 e. The van der Waals surface area contributed by atoms with Gasteiger partial charge in [0.1, 0.15) is 0 Å². The molecule has 0 spiro atoms. The average Bonchev–Trinajstić information content (AvgIpc) is 1.81. The summed E-state index contributed by atoms with van der Waals surface area (Å²) < 4.78 is 5.02. The predicted molar refractivity (Wildman–Crippen MR) is 49.0 cm³/mol. The molecule has 0 fully saturated rings. The van der Waals surface area contributed by atoms with Gasteiger partial charge >= 0.3 is 6.09 Å². The lowest BCUT2D eigenvalue weighted by atomic mass is 10.2. The number of hydrogen-bond acceptors (Lipinski definition) is 3. The third kappa shape index (κ3) is 3.23. The molecule has 2 N–H and O–H groups in total. The summed E-state index contributed by atoms with van der Waals surface area (Å²) in [6, 6.07) is 0. The number of primary amides is 1. The largest absolute Gasteiger partial charge is 0.434 e. The first-order valence-electron chi connectivity index (χ1n) is 3.82. The number of nitrogens with two attached hydrogens (primary N) is 1. The fourth-order valence-corrected chi connectivity index (χ4v) is 0.811. The summed E-state index contributed by atoms with van der Waals surface area (Å²) in [6.07, 6.45) is -0.889. The molecule has 0 atom stereocenters. The Morgan fingerprint density at radius 2 is 1.75 bits per heavy atom. The molecule has 0 aromatic rings. The monoisotopic (exact) mass is 191 g/mol. The number of amides is 1. The highest BCUT2D eigenvalue weighted by Gasteiger charge is 2.40.